The highest BCUT2D eigenvalue weighted by molar-refractivity contribution is 8.00. The molecule has 118 valence electrons. The van der Waals surface area contributed by atoms with Crippen molar-refractivity contribution in [2.75, 3.05) is 12.8 Å². The Morgan fingerprint density at radius 3 is 2.61 bits per heavy atom. The number of nitrogens with zero attached hydrogens (tertiary/aromatic N) is 2. The molecule has 4 nitrogen and oxygen atoms in total. The summed E-state index contributed by atoms with van der Waals surface area (Å²) < 4.78 is 20.1. The topological polar surface area (TPSA) is 53.1 Å². The van der Waals surface area contributed by atoms with Crippen molar-refractivity contribution >= 4 is 29.8 Å². The molecule has 0 unspecified atom stereocenters. The molecule has 2 N–H and O–H groups in total. The third kappa shape index (κ3) is 3.30. The molecule has 3 rings (SSSR count). The predicted octanol–water partition coefficient (Wildman–Crippen LogP) is 4.67. The number of nitrogen functional groups attached to an aromatic ring is 1. The lowest BCUT2D eigenvalue weighted by molar-refractivity contribution is 0.415. The quantitative estimate of drug-likeness (QED) is 0.680. The van der Waals surface area contributed by atoms with E-state index in [0.29, 0.717) is 27.9 Å². The van der Waals surface area contributed by atoms with Crippen LogP contribution in [0.2, 0.25) is 0 Å². The van der Waals surface area contributed by atoms with Crippen molar-refractivity contribution in [3.05, 3.63) is 54.7 Å². The van der Waals surface area contributed by atoms with E-state index < -0.39 is 0 Å². The summed E-state index contributed by atoms with van der Waals surface area (Å²) >= 11 is 1.50. The molecular formula is C16H14FN3OS2. The summed E-state index contributed by atoms with van der Waals surface area (Å²) in [5.41, 5.74) is 7.88. The Bertz CT molecular complexity index is 808. The summed E-state index contributed by atoms with van der Waals surface area (Å²) in [5.74, 6) is 0.657. The van der Waals surface area contributed by atoms with Crippen LogP contribution >= 0.6 is 24.1 Å². The molecule has 0 radical (unpaired) electrons. The molecule has 3 aromatic rings. The molecule has 0 atom stereocenters. The number of benzene rings is 2. The van der Waals surface area contributed by atoms with Crippen molar-refractivity contribution in [1.29, 1.82) is 0 Å². The first-order valence-corrected chi connectivity index (χ1v) is 8.25. The first kappa shape index (κ1) is 15.8. The normalized spacial score (nSPS) is 10.7. The van der Waals surface area contributed by atoms with Crippen LogP contribution in [0.1, 0.15) is 0 Å². The van der Waals surface area contributed by atoms with E-state index in [9.17, 15) is 3.89 Å². The molecule has 0 saturated heterocycles. The van der Waals surface area contributed by atoms with Gasteiger partial charge in [0.25, 0.3) is 0 Å². The van der Waals surface area contributed by atoms with Crippen molar-refractivity contribution < 1.29 is 8.62 Å². The minimum Gasteiger partial charge on any atom is -0.497 e. The van der Waals surface area contributed by atoms with Crippen LogP contribution in [0.3, 0.4) is 0 Å². The second-order valence-corrected chi connectivity index (χ2v) is 6.20. The zero-order valence-electron chi connectivity index (χ0n) is 12.3. The van der Waals surface area contributed by atoms with Crippen molar-refractivity contribution in [2.45, 2.75) is 10.1 Å². The van der Waals surface area contributed by atoms with Gasteiger partial charge in [0.1, 0.15) is 5.75 Å². The minimum absolute atomic E-state index is 0.108. The van der Waals surface area contributed by atoms with Gasteiger partial charge < -0.3 is 10.5 Å². The lowest BCUT2D eigenvalue weighted by Crippen LogP contribution is -1.96. The van der Waals surface area contributed by atoms with Gasteiger partial charge in [0.2, 0.25) is 0 Å². The number of rotatable bonds is 5. The molecule has 1 heterocycles. The lowest BCUT2D eigenvalue weighted by atomic mass is 10.1. The van der Waals surface area contributed by atoms with Gasteiger partial charge in [-0.2, -0.15) is 0 Å². The Kier molecular flexibility index (Phi) is 4.78. The molecular weight excluding hydrogens is 333 g/mol. The highest BCUT2D eigenvalue weighted by atomic mass is 32.2. The lowest BCUT2D eigenvalue weighted by Gasteiger charge is -2.09. The van der Waals surface area contributed by atoms with Crippen LogP contribution < -0.4 is 10.5 Å². The van der Waals surface area contributed by atoms with Gasteiger partial charge in [-0.05, 0) is 24.3 Å². The van der Waals surface area contributed by atoms with Crippen LogP contribution in [0, 0.1) is 0 Å². The highest BCUT2D eigenvalue weighted by Gasteiger charge is 2.16. The number of ether oxygens (including phenoxy) is 1. The number of hydrogen-bond acceptors (Lipinski definition) is 5. The van der Waals surface area contributed by atoms with E-state index >= 15 is 0 Å². The summed E-state index contributed by atoms with van der Waals surface area (Å²) in [6, 6.07) is 15.0. The number of methoxy groups -OCH3 is 1. The maximum Gasteiger partial charge on any atom is 0.185 e. The molecule has 0 fully saturated rings. The van der Waals surface area contributed by atoms with Crippen molar-refractivity contribution in [3.8, 4) is 17.0 Å². The third-order valence-electron chi connectivity index (χ3n) is 3.25. The van der Waals surface area contributed by atoms with Gasteiger partial charge in [-0.1, -0.05) is 30.0 Å². The summed E-state index contributed by atoms with van der Waals surface area (Å²) in [4.78, 5) is 5.31. The SMILES string of the molecule is COc1ccc(-c2cnc(Sc3ccccc3)n2SF)c(N)c1. The molecule has 0 bridgehead atoms. The van der Waals surface area contributed by atoms with E-state index in [1.807, 2.05) is 30.3 Å². The molecule has 0 aliphatic carbocycles. The molecule has 7 heteroatoms. The number of anilines is 1. The fourth-order valence-electron chi connectivity index (χ4n) is 2.13. The molecule has 2 aromatic carbocycles. The summed E-state index contributed by atoms with van der Waals surface area (Å²) in [6.45, 7) is 0. The fraction of sp³-hybridized carbons (Fsp3) is 0.0625. The Hall–Kier alpha value is -2.12. The molecule has 0 aliphatic rings. The smallest absolute Gasteiger partial charge is 0.185 e. The van der Waals surface area contributed by atoms with Gasteiger partial charge >= 0.3 is 0 Å². The summed E-state index contributed by atoms with van der Waals surface area (Å²) in [7, 11) is 1.57. The molecule has 0 spiro atoms. The summed E-state index contributed by atoms with van der Waals surface area (Å²) in [6.07, 6.45) is 1.62. The van der Waals surface area contributed by atoms with Gasteiger partial charge in [-0.3, -0.25) is 0 Å². The van der Waals surface area contributed by atoms with Gasteiger partial charge in [-0.25, -0.2) is 8.96 Å². The molecule has 0 aliphatic heterocycles. The van der Waals surface area contributed by atoms with Gasteiger partial charge in [-0.15, -0.1) is 3.89 Å². The fourth-order valence-corrected chi connectivity index (χ4v) is 3.45. The Balaban J connectivity index is 1.98. The van der Waals surface area contributed by atoms with Crippen molar-refractivity contribution in [2.24, 2.45) is 0 Å². The molecule has 0 saturated carbocycles. The van der Waals surface area contributed by atoms with E-state index in [4.69, 9.17) is 10.5 Å². The van der Waals surface area contributed by atoms with Crippen molar-refractivity contribution in [3.63, 3.8) is 0 Å². The largest absolute Gasteiger partial charge is 0.497 e. The average molecular weight is 347 g/mol. The highest BCUT2D eigenvalue weighted by Crippen LogP contribution is 2.37. The van der Waals surface area contributed by atoms with Crippen LogP contribution in [-0.2, 0) is 0 Å². The Morgan fingerprint density at radius 1 is 1.17 bits per heavy atom. The predicted molar refractivity (Wildman–Crippen MR) is 93.3 cm³/mol. The Morgan fingerprint density at radius 2 is 1.96 bits per heavy atom. The number of imidazole rings is 1. The number of halogens is 1. The molecule has 23 heavy (non-hydrogen) atoms. The van der Waals surface area contributed by atoms with E-state index in [1.165, 1.54) is 15.7 Å². The average Bonchev–Trinajstić information content (AvgIpc) is 2.98. The second kappa shape index (κ2) is 6.97. The first-order chi connectivity index (χ1) is 11.2. The summed E-state index contributed by atoms with van der Waals surface area (Å²) in [5, 5.41) is 0.550. The third-order valence-corrected chi connectivity index (χ3v) is 4.85. The zero-order chi connectivity index (χ0) is 16.2. The minimum atomic E-state index is 0.108. The van der Waals surface area contributed by atoms with E-state index in [0.717, 1.165) is 4.90 Å². The van der Waals surface area contributed by atoms with Crippen LogP contribution in [0.5, 0.6) is 5.75 Å². The van der Waals surface area contributed by atoms with E-state index in [2.05, 4.69) is 4.98 Å². The van der Waals surface area contributed by atoms with Crippen LogP contribution in [-0.4, -0.2) is 16.1 Å². The second-order valence-electron chi connectivity index (χ2n) is 4.66. The molecule has 0 amide bonds. The molecule has 1 aromatic heterocycles. The van der Waals surface area contributed by atoms with E-state index in [1.54, 1.807) is 31.5 Å². The van der Waals surface area contributed by atoms with Crippen molar-refractivity contribution in [1.82, 2.24) is 8.96 Å². The van der Waals surface area contributed by atoms with Gasteiger partial charge in [0.15, 0.2) is 17.5 Å². The number of aromatic nitrogens is 2. The first-order valence-electron chi connectivity index (χ1n) is 6.76. The van der Waals surface area contributed by atoms with Crippen LogP contribution in [0.25, 0.3) is 11.3 Å². The maximum absolute atomic E-state index is 13.5. The van der Waals surface area contributed by atoms with Gasteiger partial charge in [0.05, 0.1) is 19.0 Å². The standard InChI is InChI=1S/C16H14FN3OS2/c1-21-11-7-8-13(14(18)9-11)15-10-19-16(20(15)23-17)22-12-5-3-2-4-6-12/h2-10H,18H2,1H3. The van der Waals surface area contributed by atoms with Crippen LogP contribution in [0.4, 0.5) is 9.57 Å². The number of nitrogens with two attached hydrogens (primary N) is 1. The zero-order valence-corrected chi connectivity index (χ0v) is 13.9. The van der Waals surface area contributed by atoms with Gasteiger partial charge in [0, 0.05) is 22.2 Å². The maximum atomic E-state index is 13.5. The van der Waals surface area contributed by atoms with Crippen LogP contribution in [0.15, 0.2) is 64.8 Å². The van der Waals surface area contributed by atoms with E-state index in [-0.39, 0.29) is 12.3 Å². The number of hydrogen-bond donors (Lipinski definition) is 1. The monoisotopic (exact) mass is 347 g/mol. The Labute approximate surface area is 142 Å².